The number of nitrogens with zero attached hydrogens (tertiary/aromatic N) is 1. The predicted octanol–water partition coefficient (Wildman–Crippen LogP) is 2.01. The van der Waals surface area contributed by atoms with Gasteiger partial charge in [-0.1, -0.05) is 18.7 Å². The van der Waals surface area contributed by atoms with Gasteiger partial charge in [0.25, 0.3) is 0 Å². The second-order valence-electron chi connectivity index (χ2n) is 3.98. The smallest absolute Gasteiger partial charge is 0.433 e. The van der Waals surface area contributed by atoms with Gasteiger partial charge in [-0.15, -0.1) is 0 Å². The molecule has 6 nitrogen and oxygen atoms in total. The van der Waals surface area contributed by atoms with Crippen molar-refractivity contribution < 1.29 is 19.2 Å². The molecule has 18 heavy (non-hydrogen) atoms. The van der Waals surface area contributed by atoms with Crippen LogP contribution in [-0.2, 0) is 14.4 Å². The number of carbonyl (C=O) groups excluding carboxylic acids is 2. The first-order chi connectivity index (χ1) is 8.36. The van der Waals surface area contributed by atoms with Crippen LogP contribution < -0.4 is 5.32 Å². The molecule has 0 aliphatic carbocycles. The summed E-state index contributed by atoms with van der Waals surface area (Å²) in [4.78, 5) is 27.0. The summed E-state index contributed by atoms with van der Waals surface area (Å²) in [5.41, 5.74) is 1.03. The van der Waals surface area contributed by atoms with Crippen molar-refractivity contribution in [2.45, 2.75) is 40.2 Å². The zero-order chi connectivity index (χ0) is 14.1. The summed E-state index contributed by atoms with van der Waals surface area (Å²) in [6.07, 6.45) is 0.0284. The van der Waals surface area contributed by atoms with Gasteiger partial charge >= 0.3 is 12.1 Å². The summed E-state index contributed by atoms with van der Waals surface area (Å²) >= 11 is 0. The topological polar surface area (TPSA) is 77.0 Å². The number of carbonyl (C=O) groups is 2. The first kappa shape index (κ1) is 16.1. The van der Waals surface area contributed by atoms with Crippen LogP contribution in [0.1, 0.15) is 34.1 Å². The number of hydrogen-bond acceptors (Lipinski definition) is 5. The van der Waals surface area contributed by atoms with E-state index in [1.165, 1.54) is 0 Å². The highest BCUT2D eigenvalue weighted by Gasteiger charge is 2.11. The fourth-order valence-electron chi connectivity index (χ4n) is 0.777. The van der Waals surface area contributed by atoms with Crippen LogP contribution in [0.2, 0.25) is 0 Å². The molecule has 1 N–H and O–H groups in total. The van der Waals surface area contributed by atoms with Gasteiger partial charge in [0, 0.05) is 5.57 Å². The molecule has 6 heteroatoms. The van der Waals surface area contributed by atoms with E-state index in [0.29, 0.717) is 17.7 Å². The molecule has 0 fully saturated rings. The highest BCUT2D eigenvalue weighted by Crippen LogP contribution is 1.95. The first-order valence-corrected chi connectivity index (χ1v) is 5.70. The van der Waals surface area contributed by atoms with Gasteiger partial charge in [0.2, 0.25) is 0 Å². The van der Waals surface area contributed by atoms with E-state index in [4.69, 9.17) is 4.74 Å². The van der Waals surface area contributed by atoms with Crippen LogP contribution in [0.5, 0.6) is 0 Å². The molecule has 0 aliphatic rings. The number of nitrogens with one attached hydrogen (secondary N) is 1. The van der Waals surface area contributed by atoms with Crippen LogP contribution in [0.3, 0.4) is 0 Å². The monoisotopic (exact) mass is 256 g/mol. The molecule has 1 unspecified atom stereocenters. The molecule has 1 amide bonds. The number of rotatable bonds is 6. The molecular formula is C12H20N2O4. The molecule has 0 spiro atoms. The molecule has 102 valence electrons. The average Bonchev–Trinajstić information content (AvgIpc) is 2.32. The maximum atomic E-state index is 11.3. The molecule has 0 aromatic carbocycles. The Hall–Kier alpha value is -1.85. The minimum absolute atomic E-state index is 0.0528. The standard InChI is InChI=1S/C12H20N2O4/c1-6-9(4)14-18-12(16)13-10(5)7-17-11(15)8(2)3/h10H,2,6-7H2,1,3-5H3,(H,13,16)/b14-9+. The maximum Gasteiger partial charge on any atom is 0.433 e. The van der Waals surface area contributed by atoms with Gasteiger partial charge in [-0.2, -0.15) is 0 Å². The van der Waals surface area contributed by atoms with Gasteiger partial charge in [0.1, 0.15) is 6.61 Å². The third kappa shape index (κ3) is 7.43. The Labute approximate surface area is 107 Å². The van der Waals surface area contributed by atoms with Gasteiger partial charge in [0.15, 0.2) is 0 Å². The lowest BCUT2D eigenvalue weighted by atomic mass is 10.3. The van der Waals surface area contributed by atoms with E-state index >= 15 is 0 Å². The van der Waals surface area contributed by atoms with Crippen LogP contribution in [0.25, 0.3) is 0 Å². The fraction of sp³-hybridized carbons (Fsp3) is 0.583. The van der Waals surface area contributed by atoms with E-state index in [1.54, 1.807) is 20.8 Å². The Bertz CT molecular complexity index is 350. The summed E-state index contributed by atoms with van der Waals surface area (Å²) in [5, 5.41) is 6.08. The molecule has 1 atom stereocenters. The van der Waals surface area contributed by atoms with Crippen LogP contribution in [0, 0.1) is 0 Å². The minimum atomic E-state index is -0.679. The zero-order valence-corrected chi connectivity index (χ0v) is 11.3. The Morgan fingerprint density at radius 1 is 1.39 bits per heavy atom. The lowest BCUT2D eigenvalue weighted by molar-refractivity contribution is -0.139. The first-order valence-electron chi connectivity index (χ1n) is 5.70. The van der Waals surface area contributed by atoms with E-state index in [1.807, 2.05) is 6.92 Å². The fourth-order valence-corrected chi connectivity index (χ4v) is 0.777. The van der Waals surface area contributed by atoms with E-state index in [-0.39, 0.29) is 12.6 Å². The van der Waals surface area contributed by atoms with Crippen molar-refractivity contribution in [3.05, 3.63) is 12.2 Å². The van der Waals surface area contributed by atoms with Gasteiger partial charge in [0.05, 0.1) is 11.8 Å². The molecule has 0 saturated carbocycles. The van der Waals surface area contributed by atoms with Crippen molar-refractivity contribution in [2.75, 3.05) is 6.61 Å². The van der Waals surface area contributed by atoms with Crippen LogP contribution in [0.4, 0.5) is 4.79 Å². The molecule has 0 radical (unpaired) electrons. The number of ether oxygens (including phenoxy) is 1. The van der Waals surface area contributed by atoms with Crippen LogP contribution in [-0.4, -0.2) is 30.4 Å². The number of esters is 1. The second-order valence-corrected chi connectivity index (χ2v) is 3.98. The molecular weight excluding hydrogens is 236 g/mol. The predicted molar refractivity (Wildman–Crippen MR) is 68.3 cm³/mol. The lowest BCUT2D eigenvalue weighted by Gasteiger charge is -2.12. The Morgan fingerprint density at radius 2 is 2.00 bits per heavy atom. The van der Waals surface area contributed by atoms with Crippen molar-refractivity contribution >= 4 is 17.8 Å². The quantitative estimate of drug-likeness (QED) is 0.259. The molecule has 0 rings (SSSR count). The third-order valence-corrected chi connectivity index (χ3v) is 1.97. The number of oxime groups is 1. The summed E-state index contributed by atoms with van der Waals surface area (Å²) < 4.78 is 4.87. The summed E-state index contributed by atoms with van der Waals surface area (Å²) in [6, 6.07) is -0.363. The van der Waals surface area contributed by atoms with E-state index in [0.717, 1.165) is 0 Å². The summed E-state index contributed by atoms with van der Waals surface area (Å²) in [5.74, 6) is -0.489. The Morgan fingerprint density at radius 3 is 2.50 bits per heavy atom. The van der Waals surface area contributed by atoms with Crippen molar-refractivity contribution in [3.63, 3.8) is 0 Å². The third-order valence-electron chi connectivity index (χ3n) is 1.97. The van der Waals surface area contributed by atoms with Gasteiger partial charge in [-0.05, 0) is 27.2 Å². The normalized spacial score (nSPS) is 12.6. The lowest BCUT2D eigenvalue weighted by Crippen LogP contribution is -2.36. The van der Waals surface area contributed by atoms with Crippen LogP contribution in [0.15, 0.2) is 17.3 Å². The van der Waals surface area contributed by atoms with Crippen molar-refractivity contribution in [2.24, 2.45) is 5.16 Å². The molecule has 0 heterocycles. The van der Waals surface area contributed by atoms with E-state index in [2.05, 4.69) is 21.9 Å². The highest BCUT2D eigenvalue weighted by atomic mass is 16.7. The summed E-state index contributed by atoms with van der Waals surface area (Å²) in [7, 11) is 0. The Balaban J connectivity index is 3.94. The van der Waals surface area contributed by atoms with E-state index < -0.39 is 12.1 Å². The van der Waals surface area contributed by atoms with E-state index in [9.17, 15) is 9.59 Å². The molecule has 0 aliphatic heterocycles. The van der Waals surface area contributed by atoms with Crippen LogP contribution >= 0.6 is 0 Å². The Kier molecular flexibility index (Phi) is 7.42. The zero-order valence-electron chi connectivity index (χ0n) is 11.3. The molecule has 0 saturated heterocycles. The van der Waals surface area contributed by atoms with Crippen molar-refractivity contribution in [1.82, 2.24) is 5.32 Å². The van der Waals surface area contributed by atoms with Crippen molar-refractivity contribution in [3.8, 4) is 0 Å². The molecule has 0 bridgehead atoms. The molecule has 0 aromatic rings. The van der Waals surface area contributed by atoms with Gasteiger partial charge in [-0.3, -0.25) is 4.84 Å². The largest absolute Gasteiger partial charge is 0.460 e. The van der Waals surface area contributed by atoms with Gasteiger partial charge in [-0.25, -0.2) is 9.59 Å². The maximum absolute atomic E-state index is 11.3. The van der Waals surface area contributed by atoms with Crippen molar-refractivity contribution in [1.29, 1.82) is 0 Å². The highest BCUT2D eigenvalue weighted by molar-refractivity contribution is 5.87. The van der Waals surface area contributed by atoms with Gasteiger partial charge < -0.3 is 10.1 Å². The minimum Gasteiger partial charge on any atom is -0.460 e. The number of amides is 1. The molecule has 0 aromatic heterocycles. The second kappa shape index (κ2) is 8.27. The average molecular weight is 256 g/mol. The summed E-state index contributed by atoms with van der Waals surface area (Å²) in [6.45, 7) is 10.4. The SMILES string of the molecule is C=C(C)C(=O)OCC(C)NC(=O)O/N=C(\C)CC. The number of hydrogen-bond donors (Lipinski definition) is 1.